The minimum atomic E-state index is -3.78. The van der Waals surface area contributed by atoms with Crippen molar-refractivity contribution in [2.45, 2.75) is 30.7 Å². The number of halogens is 1. The molecular formula is C20H24FN4O2S+. The Hall–Kier alpha value is -2.45. The number of aryl methyl sites for hydroxylation is 1. The third-order valence-electron chi connectivity index (χ3n) is 5.32. The molecule has 0 aliphatic carbocycles. The molecule has 0 bridgehead atoms. The Labute approximate surface area is 164 Å². The number of benzene rings is 2. The second kappa shape index (κ2) is 7.52. The summed E-state index contributed by atoms with van der Waals surface area (Å²) < 4.78 is 42.7. The second-order valence-corrected chi connectivity index (χ2v) is 9.02. The predicted octanol–water partition coefficient (Wildman–Crippen LogP) is 2.08. The maximum atomic E-state index is 13.1. The van der Waals surface area contributed by atoms with Gasteiger partial charge in [0.05, 0.1) is 34.7 Å². The molecule has 1 aromatic heterocycles. The molecule has 2 aromatic carbocycles. The van der Waals surface area contributed by atoms with Gasteiger partial charge in [-0.15, -0.1) is 0 Å². The van der Waals surface area contributed by atoms with Crippen LogP contribution in [0.1, 0.15) is 25.1 Å². The van der Waals surface area contributed by atoms with E-state index in [1.807, 2.05) is 13.1 Å². The van der Waals surface area contributed by atoms with Gasteiger partial charge >= 0.3 is 0 Å². The van der Waals surface area contributed by atoms with Gasteiger partial charge < -0.3 is 9.47 Å². The quantitative estimate of drug-likeness (QED) is 0.685. The number of quaternary nitrogens is 1. The number of aromatic nitrogens is 2. The number of rotatable bonds is 5. The summed E-state index contributed by atoms with van der Waals surface area (Å²) in [5.74, 6) is 0.530. The highest BCUT2D eigenvalue weighted by atomic mass is 32.2. The number of anilines is 1. The fourth-order valence-corrected chi connectivity index (χ4v) is 4.80. The van der Waals surface area contributed by atoms with Crippen molar-refractivity contribution in [3.63, 3.8) is 0 Å². The Balaban J connectivity index is 1.58. The van der Waals surface area contributed by atoms with E-state index in [1.54, 1.807) is 17.0 Å². The number of hydrogen-bond acceptors (Lipinski definition) is 3. The zero-order valence-electron chi connectivity index (χ0n) is 15.8. The zero-order valence-corrected chi connectivity index (χ0v) is 16.6. The van der Waals surface area contributed by atoms with Crippen LogP contribution in [0.2, 0.25) is 0 Å². The van der Waals surface area contributed by atoms with Crippen LogP contribution < -0.4 is 9.62 Å². The first-order valence-electron chi connectivity index (χ1n) is 9.50. The van der Waals surface area contributed by atoms with Crippen molar-refractivity contribution >= 4 is 26.7 Å². The summed E-state index contributed by atoms with van der Waals surface area (Å²) >= 11 is 0. The maximum absolute atomic E-state index is 13.1. The van der Waals surface area contributed by atoms with E-state index in [2.05, 4.69) is 9.29 Å². The van der Waals surface area contributed by atoms with Gasteiger partial charge in [-0.1, -0.05) is 0 Å². The lowest BCUT2D eigenvalue weighted by Crippen LogP contribution is -3.11. The van der Waals surface area contributed by atoms with Gasteiger partial charge in [-0.05, 0) is 61.7 Å². The molecular weight excluding hydrogens is 379 g/mol. The molecule has 2 heterocycles. The van der Waals surface area contributed by atoms with Gasteiger partial charge in [0, 0.05) is 7.05 Å². The van der Waals surface area contributed by atoms with Gasteiger partial charge in [-0.3, -0.25) is 4.72 Å². The Morgan fingerprint density at radius 1 is 1.11 bits per heavy atom. The molecule has 8 heteroatoms. The van der Waals surface area contributed by atoms with Gasteiger partial charge in [-0.25, -0.2) is 17.8 Å². The lowest BCUT2D eigenvalue weighted by atomic mass is 10.1. The lowest BCUT2D eigenvalue weighted by Gasteiger charge is -2.23. The third kappa shape index (κ3) is 3.88. The van der Waals surface area contributed by atoms with Gasteiger partial charge in [-0.2, -0.15) is 0 Å². The van der Waals surface area contributed by atoms with Crippen molar-refractivity contribution in [2.24, 2.45) is 7.05 Å². The topological polar surface area (TPSA) is 68.4 Å². The van der Waals surface area contributed by atoms with E-state index in [1.165, 1.54) is 44.5 Å². The molecule has 2 N–H and O–H groups in total. The molecule has 6 nitrogen and oxygen atoms in total. The highest BCUT2D eigenvalue weighted by Gasteiger charge is 2.19. The summed E-state index contributed by atoms with van der Waals surface area (Å²) in [5, 5.41) is 0. The Morgan fingerprint density at radius 2 is 1.82 bits per heavy atom. The molecule has 0 radical (unpaired) electrons. The molecule has 0 unspecified atom stereocenters. The standard InChI is InChI=1S/C20H23FN4O2S/c1-24-19-10-7-16(23-28(26,27)17-8-5-15(21)6-9-17)13-18(19)22-20(24)14-25-11-3-2-4-12-25/h5-10,13,23H,2-4,11-12,14H2,1H3/p+1. The Morgan fingerprint density at radius 3 is 2.54 bits per heavy atom. The van der Waals surface area contributed by atoms with Gasteiger partial charge in [0.25, 0.3) is 10.0 Å². The monoisotopic (exact) mass is 403 g/mol. The highest BCUT2D eigenvalue weighted by Crippen LogP contribution is 2.22. The number of fused-ring (bicyclic) bond motifs is 1. The molecule has 1 aliphatic heterocycles. The van der Waals surface area contributed by atoms with Crippen LogP contribution in [0, 0.1) is 5.82 Å². The van der Waals surface area contributed by atoms with Crippen LogP contribution in [0.25, 0.3) is 11.0 Å². The second-order valence-electron chi connectivity index (χ2n) is 7.34. The van der Waals surface area contributed by atoms with E-state index in [0.29, 0.717) is 5.69 Å². The maximum Gasteiger partial charge on any atom is 0.261 e. The van der Waals surface area contributed by atoms with Crippen LogP contribution in [-0.2, 0) is 23.6 Å². The van der Waals surface area contributed by atoms with Crippen molar-refractivity contribution in [1.82, 2.24) is 9.55 Å². The van der Waals surface area contributed by atoms with Crippen molar-refractivity contribution < 1.29 is 17.7 Å². The van der Waals surface area contributed by atoms with E-state index in [9.17, 15) is 12.8 Å². The first-order valence-corrected chi connectivity index (χ1v) is 11.0. The number of nitrogens with zero attached hydrogens (tertiary/aromatic N) is 2. The van der Waals surface area contributed by atoms with Gasteiger partial charge in [0.2, 0.25) is 0 Å². The summed E-state index contributed by atoms with van der Waals surface area (Å²) in [6.07, 6.45) is 3.83. The average molecular weight is 404 g/mol. The van der Waals surface area contributed by atoms with Crippen molar-refractivity contribution in [1.29, 1.82) is 0 Å². The molecule has 4 rings (SSSR count). The summed E-state index contributed by atoms with van der Waals surface area (Å²) in [6.45, 7) is 3.22. The van der Waals surface area contributed by atoms with E-state index in [-0.39, 0.29) is 4.90 Å². The van der Waals surface area contributed by atoms with Crippen LogP contribution in [-0.4, -0.2) is 31.1 Å². The average Bonchev–Trinajstić information content (AvgIpc) is 2.97. The first-order chi connectivity index (χ1) is 13.4. The largest absolute Gasteiger partial charge is 0.329 e. The zero-order chi connectivity index (χ0) is 19.7. The van der Waals surface area contributed by atoms with Crippen LogP contribution in [0.4, 0.5) is 10.1 Å². The van der Waals surface area contributed by atoms with Gasteiger partial charge in [0.1, 0.15) is 12.4 Å². The fourth-order valence-electron chi connectivity index (χ4n) is 3.75. The molecule has 0 spiro atoms. The number of piperidine rings is 1. The van der Waals surface area contributed by atoms with Crippen molar-refractivity contribution in [3.05, 3.63) is 54.1 Å². The van der Waals surface area contributed by atoms with Crippen molar-refractivity contribution in [3.8, 4) is 0 Å². The smallest absolute Gasteiger partial charge is 0.261 e. The molecule has 1 fully saturated rings. The number of sulfonamides is 1. The molecule has 0 atom stereocenters. The number of hydrogen-bond donors (Lipinski definition) is 2. The summed E-state index contributed by atoms with van der Waals surface area (Å²) in [6, 6.07) is 10.1. The number of nitrogens with one attached hydrogen (secondary N) is 2. The molecule has 0 amide bonds. The third-order valence-corrected chi connectivity index (χ3v) is 6.72. The lowest BCUT2D eigenvalue weighted by molar-refractivity contribution is -0.919. The van der Waals surface area contributed by atoms with Crippen LogP contribution in [0.5, 0.6) is 0 Å². The first kappa shape index (κ1) is 18.9. The van der Waals surface area contributed by atoms with Crippen LogP contribution in [0.15, 0.2) is 47.4 Å². The fraction of sp³-hybridized carbons (Fsp3) is 0.350. The molecule has 1 aliphatic rings. The summed E-state index contributed by atoms with van der Waals surface area (Å²) in [5.41, 5.74) is 2.16. The molecule has 1 saturated heterocycles. The predicted molar refractivity (Wildman–Crippen MR) is 106 cm³/mol. The molecule has 28 heavy (non-hydrogen) atoms. The molecule has 3 aromatic rings. The Bertz CT molecular complexity index is 1090. The number of imidazole rings is 1. The minimum absolute atomic E-state index is 0.0180. The summed E-state index contributed by atoms with van der Waals surface area (Å²) in [7, 11) is -1.78. The van der Waals surface area contributed by atoms with Crippen LogP contribution >= 0.6 is 0 Å². The molecule has 0 saturated carbocycles. The normalized spacial score (nSPS) is 15.8. The van der Waals surface area contributed by atoms with E-state index < -0.39 is 15.8 Å². The minimum Gasteiger partial charge on any atom is -0.329 e. The Kier molecular flexibility index (Phi) is 5.07. The summed E-state index contributed by atoms with van der Waals surface area (Å²) in [4.78, 5) is 6.30. The van der Waals surface area contributed by atoms with Crippen molar-refractivity contribution in [2.75, 3.05) is 17.8 Å². The van der Waals surface area contributed by atoms with E-state index in [0.717, 1.165) is 35.5 Å². The SMILES string of the molecule is Cn1c(C[NH+]2CCCCC2)nc2cc(NS(=O)(=O)c3ccc(F)cc3)ccc21. The van der Waals surface area contributed by atoms with Gasteiger partial charge in [0.15, 0.2) is 5.82 Å². The van der Waals surface area contributed by atoms with E-state index >= 15 is 0 Å². The van der Waals surface area contributed by atoms with E-state index in [4.69, 9.17) is 4.98 Å². The molecule has 148 valence electrons. The number of likely N-dealkylation sites (tertiary alicyclic amines) is 1. The van der Waals surface area contributed by atoms with Crippen LogP contribution in [0.3, 0.4) is 0 Å². The highest BCUT2D eigenvalue weighted by molar-refractivity contribution is 7.92.